The molecule has 0 bridgehead atoms. The lowest BCUT2D eigenvalue weighted by Gasteiger charge is -2.35. The number of sulfonamides is 1. The topological polar surface area (TPSA) is 86.8 Å². The van der Waals surface area contributed by atoms with Crippen LogP contribution in [0.1, 0.15) is 45.2 Å². The van der Waals surface area contributed by atoms with Crippen molar-refractivity contribution in [2.24, 2.45) is 0 Å². The summed E-state index contributed by atoms with van der Waals surface area (Å²) in [6.45, 7) is 8.35. The van der Waals surface area contributed by atoms with Crippen LogP contribution >= 0.6 is 46.4 Å². The van der Waals surface area contributed by atoms with Crippen LogP contribution in [0.5, 0.6) is 0 Å². The molecule has 0 spiro atoms. The largest absolute Gasteiger partial charge is 0.350 e. The Labute approximate surface area is 267 Å². The number of aryl methyl sites for hydroxylation is 1. The SMILES string of the molecule is CC[C@@H](C(=O)NC(C)(C)C)N(Cc1ccc(Cl)cc1Cl)C(=O)CN(c1cc(Cl)ccc1Cl)S(=O)(=O)c1ccc(C)cc1. The Hall–Kier alpha value is -2.49. The summed E-state index contributed by atoms with van der Waals surface area (Å²) in [7, 11) is -4.31. The first-order valence-corrected chi connectivity index (χ1v) is 16.1. The summed E-state index contributed by atoms with van der Waals surface area (Å²) in [6.07, 6.45) is 0.251. The van der Waals surface area contributed by atoms with E-state index in [-0.39, 0.29) is 33.6 Å². The molecule has 0 unspecified atom stereocenters. The second-order valence-corrected chi connectivity index (χ2v) is 14.4. The molecule has 7 nitrogen and oxygen atoms in total. The smallest absolute Gasteiger partial charge is 0.264 e. The quantitative estimate of drug-likeness (QED) is 0.241. The Morgan fingerprint density at radius 3 is 2.05 bits per heavy atom. The molecular weight excluding hydrogens is 640 g/mol. The first kappa shape index (κ1) is 34.0. The first-order valence-electron chi connectivity index (χ1n) is 13.1. The molecule has 1 atom stereocenters. The van der Waals surface area contributed by atoms with Crippen LogP contribution in [0.2, 0.25) is 20.1 Å². The van der Waals surface area contributed by atoms with Gasteiger partial charge in [-0.05, 0) is 82.1 Å². The van der Waals surface area contributed by atoms with Crippen molar-refractivity contribution in [1.82, 2.24) is 10.2 Å². The molecule has 0 aromatic heterocycles. The minimum Gasteiger partial charge on any atom is -0.350 e. The average molecular weight is 673 g/mol. The molecule has 0 aliphatic heterocycles. The number of nitrogens with zero attached hydrogens (tertiary/aromatic N) is 2. The van der Waals surface area contributed by atoms with Gasteiger partial charge in [-0.15, -0.1) is 0 Å². The number of halogens is 4. The minimum atomic E-state index is -4.31. The third-order valence-corrected chi connectivity index (χ3v) is 9.22. The molecule has 0 fully saturated rings. The summed E-state index contributed by atoms with van der Waals surface area (Å²) in [5.41, 5.74) is 0.839. The summed E-state index contributed by atoms with van der Waals surface area (Å²) in [5.74, 6) is -1.04. The highest BCUT2D eigenvalue weighted by Crippen LogP contribution is 2.34. The summed E-state index contributed by atoms with van der Waals surface area (Å²) < 4.78 is 28.9. The van der Waals surface area contributed by atoms with Gasteiger partial charge in [0.1, 0.15) is 12.6 Å². The summed E-state index contributed by atoms with van der Waals surface area (Å²) in [5, 5.41) is 3.93. The molecule has 0 aliphatic carbocycles. The van der Waals surface area contributed by atoms with Crippen molar-refractivity contribution in [3.05, 3.63) is 91.9 Å². The van der Waals surface area contributed by atoms with Gasteiger partial charge in [-0.25, -0.2) is 8.42 Å². The number of hydrogen-bond acceptors (Lipinski definition) is 4. The highest BCUT2D eigenvalue weighted by Gasteiger charge is 2.35. The Bertz CT molecular complexity index is 1560. The molecule has 0 heterocycles. The van der Waals surface area contributed by atoms with Gasteiger partial charge in [-0.2, -0.15) is 0 Å². The monoisotopic (exact) mass is 671 g/mol. The predicted octanol–water partition coefficient (Wildman–Crippen LogP) is 7.53. The lowest BCUT2D eigenvalue weighted by molar-refractivity contribution is -0.141. The number of carbonyl (C=O) groups is 2. The molecule has 3 rings (SSSR count). The molecule has 2 amide bonds. The van der Waals surface area contributed by atoms with Gasteiger partial charge in [0.25, 0.3) is 10.0 Å². The maximum absolute atomic E-state index is 14.2. The number of nitrogens with one attached hydrogen (secondary N) is 1. The first-order chi connectivity index (χ1) is 19.5. The van der Waals surface area contributed by atoms with Crippen molar-refractivity contribution >= 4 is 73.9 Å². The van der Waals surface area contributed by atoms with E-state index in [4.69, 9.17) is 46.4 Å². The minimum absolute atomic E-state index is 0.0229. The molecule has 12 heteroatoms. The lowest BCUT2D eigenvalue weighted by atomic mass is 10.1. The number of amides is 2. The Kier molecular flexibility index (Phi) is 11.2. The summed E-state index contributed by atoms with van der Waals surface area (Å²) in [4.78, 5) is 28.9. The van der Waals surface area contributed by atoms with Crippen molar-refractivity contribution < 1.29 is 18.0 Å². The molecular formula is C30H33Cl4N3O4S. The van der Waals surface area contributed by atoms with Crippen LogP contribution in [0, 0.1) is 6.92 Å². The number of anilines is 1. The van der Waals surface area contributed by atoms with Gasteiger partial charge in [0.05, 0.1) is 15.6 Å². The average Bonchev–Trinajstić information content (AvgIpc) is 2.89. The molecule has 0 saturated heterocycles. The Morgan fingerprint density at radius 2 is 1.48 bits per heavy atom. The Balaban J connectivity index is 2.14. The van der Waals surface area contributed by atoms with Crippen LogP contribution in [0.25, 0.3) is 0 Å². The second kappa shape index (κ2) is 13.9. The van der Waals surface area contributed by atoms with E-state index < -0.39 is 40.0 Å². The van der Waals surface area contributed by atoms with Crippen LogP contribution in [-0.4, -0.2) is 43.3 Å². The van der Waals surface area contributed by atoms with Crippen molar-refractivity contribution in [2.45, 2.75) is 64.1 Å². The molecule has 0 aliphatic rings. The van der Waals surface area contributed by atoms with Gasteiger partial charge in [0.2, 0.25) is 11.8 Å². The van der Waals surface area contributed by atoms with Crippen molar-refractivity contribution in [3.8, 4) is 0 Å². The van der Waals surface area contributed by atoms with Gasteiger partial charge in [0, 0.05) is 27.2 Å². The number of carbonyl (C=O) groups excluding carboxylic acids is 2. The van der Waals surface area contributed by atoms with Gasteiger partial charge >= 0.3 is 0 Å². The lowest BCUT2D eigenvalue weighted by Crippen LogP contribution is -2.55. The third kappa shape index (κ3) is 8.54. The van der Waals surface area contributed by atoms with Gasteiger partial charge in [-0.1, -0.05) is 77.1 Å². The van der Waals surface area contributed by atoms with Crippen LogP contribution < -0.4 is 9.62 Å². The van der Waals surface area contributed by atoms with E-state index in [0.29, 0.717) is 15.6 Å². The normalized spacial score (nSPS) is 12.5. The standard InChI is InChI=1S/C30H33Cl4N3O4S/c1-6-26(29(39)35-30(3,4)5)36(17-20-9-10-21(31)15-25(20)34)28(38)18-37(27-16-22(32)11-14-24(27)33)42(40,41)23-12-7-19(2)8-13-23/h7-16,26H,6,17-18H2,1-5H3,(H,35,39)/t26-/m0/s1. The fraction of sp³-hybridized carbons (Fsp3) is 0.333. The molecule has 3 aromatic rings. The van der Waals surface area contributed by atoms with Gasteiger partial charge in [-0.3, -0.25) is 13.9 Å². The molecule has 226 valence electrons. The molecule has 0 saturated carbocycles. The second-order valence-electron chi connectivity index (χ2n) is 10.8. The summed E-state index contributed by atoms with van der Waals surface area (Å²) in [6, 6.07) is 14.5. The zero-order valence-corrected chi connectivity index (χ0v) is 27.8. The highest BCUT2D eigenvalue weighted by molar-refractivity contribution is 7.92. The maximum atomic E-state index is 14.2. The number of hydrogen-bond donors (Lipinski definition) is 1. The molecule has 3 aromatic carbocycles. The van der Waals surface area contributed by atoms with Crippen molar-refractivity contribution in [3.63, 3.8) is 0 Å². The highest BCUT2D eigenvalue weighted by atomic mass is 35.5. The van der Waals surface area contributed by atoms with E-state index in [9.17, 15) is 18.0 Å². The van der Waals surface area contributed by atoms with Gasteiger partial charge in [0.15, 0.2) is 0 Å². The fourth-order valence-corrected chi connectivity index (χ4v) is 6.56. The third-order valence-electron chi connectivity index (χ3n) is 6.30. The summed E-state index contributed by atoms with van der Waals surface area (Å²) >= 11 is 25.2. The van der Waals surface area contributed by atoms with Crippen LogP contribution in [0.3, 0.4) is 0 Å². The number of rotatable bonds is 10. The van der Waals surface area contributed by atoms with E-state index in [0.717, 1.165) is 9.87 Å². The van der Waals surface area contributed by atoms with Crippen molar-refractivity contribution in [1.29, 1.82) is 0 Å². The van der Waals surface area contributed by atoms with Crippen LogP contribution in [-0.2, 0) is 26.2 Å². The molecule has 0 radical (unpaired) electrons. The molecule has 1 N–H and O–H groups in total. The van der Waals surface area contributed by atoms with Gasteiger partial charge < -0.3 is 10.2 Å². The van der Waals surface area contributed by atoms with E-state index in [2.05, 4.69) is 5.32 Å². The number of benzene rings is 3. The fourth-order valence-electron chi connectivity index (χ4n) is 4.23. The van der Waals surface area contributed by atoms with E-state index in [1.165, 1.54) is 41.3 Å². The van der Waals surface area contributed by atoms with E-state index in [1.54, 1.807) is 31.2 Å². The zero-order chi connectivity index (χ0) is 31.4. The van der Waals surface area contributed by atoms with Crippen LogP contribution in [0.15, 0.2) is 65.6 Å². The Morgan fingerprint density at radius 1 is 0.881 bits per heavy atom. The van der Waals surface area contributed by atoms with Crippen molar-refractivity contribution in [2.75, 3.05) is 10.8 Å². The zero-order valence-electron chi connectivity index (χ0n) is 23.9. The van der Waals surface area contributed by atoms with Crippen LogP contribution in [0.4, 0.5) is 5.69 Å². The molecule has 42 heavy (non-hydrogen) atoms. The van der Waals surface area contributed by atoms with E-state index >= 15 is 0 Å². The maximum Gasteiger partial charge on any atom is 0.264 e. The predicted molar refractivity (Wildman–Crippen MR) is 171 cm³/mol. The van der Waals surface area contributed by atoms with E-state index in [1.807, 2.05) is 27.7 Å².